The zero-order valence-electron chi connectivity index (χ0n) is 13.4. The van der Waals surface area contributed by atoms with Crippen molar-refractivity contribution in [1.82, 2.24) is 10.9 Å². The van der Waals surface area contributed by atoms with Crippen molar-refractivity contribution in [1.29, 1.82) is 0 Å². The maximum Gasteiger partial charge on any atom is 0.426 e. The standard InChI is InChI=1S/C16H20N2O5/c1-15(2,3)23-14(20)18-17-13(19)16(6-7-16)10-4-5-11-12(8-10)22-9-21-11/h4-5,8H,6-7,9H2,1-3H3,(H,17,19)(H,18,20). The fourth-order valence-corrected chi connectivity index (χ4v) is 2.50. The van der Waals surface area contributed by atoms with Gasteiger partial charge in [0.25, 0.3) is 0 Å². The molecule has 7 nitrogen and oxygen atoms in total. The third-order valence-electron chi connectivity index (χ3n) is 3.79. The van der Waals surface area contributed by atoms with Crippen molar-refractivity contribution in [2.24, 2.45) is 0 Å². The van der Waals surface area contributed by atoms with E-state index in [1.54, 1.807) is 26.8 Å². The normalized spacial score (nSPS) is 17.3. The Morgan fingerprint density at radius 3 is 2.48 bits per heavy atom. The van der Waals surface area contributed by atoms with E-state index in [0.717, 1.165) is 5.56 Å². The van der Waals surface area contributed by atoms with Crippen LogP contribution in [0.2, 0.25) is 0 Å². The molecule has 0 saturated heterocycles. The molecule has 1 aliphatic heterocycles. The van der Waals surface area contributed by atoms with Crippen LogP contribution < -0.4 is 20.3 Å². The van der Waals surface area contributed by atoms with Gasteiger partial charge in [0.05, 0.1) is 5.41 Å². The lowest BCUT2D eigenvalue weighted by molar-refractivity contribution is -0.124. The lowest BCUT2D eigenvalue weighted by Crippen LogP contribution is -2.48. The molecule has 2 aliphatic rings. The number of hydrazine groups is 1. The minimum absolute atomic E-state index is 0.193. The van der Waals surface area contributed by atoms with Crippen molar-refractivity contribution in [2.75, 3.05) is 6.79 Å². The second-order valence-electron chi connectivity index (χ2n) is 6.73. The molecule has 2 N–H and O–H groups in total. The SMILES string of the molecule is CC(C)(C)OC(=O)NNC(=O)C1(c2ccc3c(c2)OCO3)CC1. The number of carbonyl (C=O) groups excluding carboxylic acids is 2. The van der Waals surface area contributed by atoms with Crippen LogP contribution in [0.25, 0.3) is 0 Å². The summed E-state index contributed by atoms with van der Waals surface area (Å²) in [5.74, 6) is 1.06. The molecule has 124 valence electrons. The molecule has 2 amide bonds. The van der Waals surface area contributed by atoms with Crippen molar-refractivity contribution < 1.29 is 23.8 Å². The summed E-state index contributed by atoms with van der Waals surface area (Å²) in [5, 5.41) is 0. The summed E-state index contributed by atoms with van der Waals surface area (Å²) in [5.41, 5.74) is 4.33. The smallest absolute Gasteiger partial charge is 0.426 e. The van der Waals surface area contributed by atoms with E-state index < -0.39 is 17.1 Å². The van der Waals surface area contributed by atoms with Gasteiger partial charge in [-0.1, -0.05) is 6.07 Å². The van der Waals surface area contributed by atoms with Gasteiger partial charge < -0.3 is 14.2 Å². The number of nitrogens with one attached hydrogen (secondary N) is 2. The summed E-state index contributed by atoms with van der Waals surface area (Å²) in [6.45, 7) is 5.45. The third kappa shape index (κ3) is 3.18. The van der Waals surface area contributed by atoms with Gasteiger partial charge in [-0.3, -0.25) is 10.2 Å². The van der Waals surface area contributed by atoms with Crippen LogP contribution in [0.4, 0.5) is 4.79 Å². The van der Waals surface area contributed by atoms with Crippen LogP contribution in [0, 0.1) is 0 Å². The Kier molecular flexibility index (Phi) is 3.58. The van der Waals surface area contributed by atoms with E-state index in [0.29, 0.717) is 24.3 Å². The number of ether oxygens (including phenoxy) is 3. The summed E-state index contributed by atoms with van der Waals surface area (Å²) in [6, 6.07) is 5.47. The van der Waals surface area contributed by atoms with Crippen LogP contribution in [0.5, 0.6) is 11.5 Å². The van der Waals surface area contributed by atoms with E-state index in [1.807, 2.05) is 12.1 Å². The Morgan fingerprint density at radius 2 is 1.83 bits per heavy atom. The molecule has 7 heteroatoms. The molecule has 0 atom stereocenters. The molecule has 0 bridgehead atoms. The maximum atomic E-state index is 12.4. The molecular formula is C16H20N2O5. The van der Waals surface area contributed by atoms with Gasteiger partial charge in [0, 0.05) is 0 Å². The quantitative estimate of drug-likeness (QED) is 0.814. The summed E-state index contributed by atoms with van der Waals surface area (Å²) in [4.78, 5) is 24.1. The van der Waals surface area contributed by atoms with Crippen LogP contribution in [0.1, 0.15) is 39.2 Å². The molecule has 1 aliphatic carbocycles. The molecule has 1 saturated carbocycles. The third-order valence-corrected chi connectivity index (χ3v) is 3.79. The van der Waals surface area contributed by atoms with Crippen molar-refractivity contribution in [3.63, 3.8) is 0 Å². The number of hydrogen-bond donors (Lipinski definition) is 2. The predicted octanol–water partition coefficient (Wildman–Crippen LogP) is 2.00. The molecule has 0 spiro atoms. The van der Waals surface area contributed by atoms with Crippen molar-refractivity contribution >= 4 is 12.0 Å². The highest BCUT2D eigenvalue weighted by molar-refractivity contribution is 5.92. The number of fused-ring (bicyclic) bond motifs is 1. The maximum absolute atomic E-state index is 12.4. The Bertz CT molecular complexity index is 646. The van der Waals surface area contributed by atoms with Crippen molar-refractivity contribution in [2.45, 2.75) is 44.6 Å². The Balaban J connectivity index is 1.64. The van der Waals surface area contributed by atoms with E-state index in [-0.39, 0.29) is 12.7 Å². The number of hydrogen-bond acceptors (Lipinski definition) is 5. The number of amides is 2. The lowest BCUT2D eigenvalue weighted by Gasteiger charge is -2.21. The summed E-state index contributed by atoms with van der Waals surface area (Å²) < 4.78 is 15.7. The Hall–Kier alpha value is -2.44. The first-order chi connectivity index (χ1) is 10.8. The molecule has 1 fully saturated rings. The highest BCUT2D eigenvalue weighted by atomic mass is 16.7. The summed E-state index contributed by atoms with van der Waals surface area (Å²) in [6.07, 6.45) is 0.746. The first kappa shape index (κ1) is 15.5. The molecular weight excluding hydrogens is 300 g/mol. The zero-order valence-corrected chi connectivity index (χ0v) is 13.4. The van der Waals surface area contributed by atoms with Gasteiger partial charge in [0.2, 0.25) is 12.7 Å². The molecule has 1 aromatic rings. The number of benzene rings is 1. The second kappa shape index (κ2) is 5.33. The van der Waals surface area contributed by atoms with Gasteiger partial charge in [-0.25, -0.2) is 10.2 Å². The second-order valence-corrected chi connectivity index (χ2v) is 6.73. The van der Waals surface area contributed by atoms with Gasteiger partial charge in [0.15, 0.2) is 11.5 Å². The van der Waals surface area contributed by atoms with Crippen LogP contribution in [0.15, 0.2) is 18.2 Å². The Morgan fingerprint density at radius 1 is 1.13 bits per heavy atom. The van der Waals surface area contributed by atoms with Crippen LogP contribution in [-0.4, -0.2) is 24.4 Å². The molecule has 0 radical (unpaired) electrons. The van der Waals surface area contributed by atoms with Gasteiger partial charge in [-0.15, -0.1) is 0 Å². The Labute approximate surface area is 134 Å². The topological polar surface area (TPSA) is 85.9 Å². The monoisotopic (exact) mass is 320 g/mol. The van der Waals surface area contributed by atoms with Crippen molar-refractivity contribution in [3.8, 4) is 11.5 Å². The van der Waals surface area contributed by atoms with Gasteiger partial charge in [-0.2, -0.15) is 0 Å². The summed E-state index contributed by atoms with van der Waals surface area (Å²) in [7, 11) is 0. The van der Waals surface area contributed by atoms with Crippen molar-refractivity contribution in [3.05, 3.63) is 23.8 Å². The largest absolute Gasteiger partial charge is 0.454 e. The lowest BCUT2D eigenvalue weighted by atomic mass is 9.95. The fraction of sp³-hybridized carbons (Fsp3) is 0.500. The molecule has 23 heavy (non-hydrogen) atoms. The van der Waals surface area contributed by atoms with Gasteiger partial charge >= 0.3 is 6.09 Å². The number of carbonyl (C=O) groups is 2. The molecule has 0 unspecified atom stereocenters. The van der Waals surface area contributed by atoms with E-state index in [1.165, 1.54) is 0 Å². The van der Waals surface area contributed by atoms with Crippen LogP contribution >= 0.6 is 0 Å². The first-order valence-electron chi connectivity index (χ1n) is 7.50. The van der Waals surface area contributed by atoms with E-state index in [2.05, 4.69) is 10.9 Å². The van der Waals surface area contributed by atoms with Crippen LogP contribution in [0.3, 0.4) is 0 Å². The highest BCUT2D eigenvalue weighted by Crippen LogP contribution is 2.50. The number of rotatable bonds is 2. The molecule has 3 rings (SSSR count). The van der Waals surface area contributed by atoms with E-state index in [9.17, 15) is 9.59 Å². The van der Waals surface area contributed by atoms with Gasteiger partial charge in [0.1, 0.15) is 5.60 Å². The van der Waals surface area contributed by atoms with E-state index in [4.69, 9.17) is 14.2 Å². The molecule has 1 aromatic carbocycles. The highest BCUT2D eigenvalue weighted by Gasteiger charge is 2.52. The van der Waals surface area contributed by atoms with Crippen LogP contribution in [-0.2, 0) is 14.9 Å². The average molecular weight is 320 g/mol. The minimum Gasteiger partial charge on any atom is -0.454 e. The first-order valence-corrected chi connectivity index (χ1v) is 7.50. The predicted molar refractivity (Wildman–Crippen MR) is 81.0 cm³/mol. The average Bonchev–Trinajstić information content (AvgIpc) is 3.14. The summed E-state index contributed by atoms with van der Waals surface area (Å²) >= 11 is 0. The molecule has 1 heterocycles. The zero-order chi connectivity index (χ0) is 16.7. The molecule has 0 aromatic heterocycles. The fourth-order valence-electron chi connectivity index (χ4n) is 2.50. The minimum atomic E-state index is -0.688. The van der Waals surface area contributed by atoms with E-state index >= 15 is 0 Å². The van der Waals surface area contributed by atoms with Gasteiger partial charge in [-0.05, 0) is 51.3 Å².